The summed E-state index contributed by atoms with van der Waals surface area (Å²) in [7, 11) is 1.40. The fourth-order valence-electron chi connectivity index (χ4n) is 2.93. The molecular weight excluding hydrogens is 370 g/mol. The minimum atomic E-state index is -0.363. The summed E-state index contributed by atoms with van der Waals surface area (Å²) < 4.78 is 10.7. The van der Waals surface area contributed by atoms with E-state index < -0.39 is 0 Å². The van der Waals surface area contributed by atoms with Gasteiger partial charge in [0.15, 0.2) is 0 Å². The number of esters is 1. The first-order valence-corrected chi connectivity index (χ1v) is 9.96. The average molecular weight is 394 g/mol. The molecule has 0 saturated heterocycles. The van der Waals surface area contributed by atoms with E-state index in [2.05, 4.69) is 17.1 Å². The topological polar surface area (TPSA) is 47.9 Å². The lowest BCUT2D eigenvalue weighted by atomic mass is 10.1. The van der Waals surface area contributed by atoms with Crippen molar-refractivity contribution in [2.45, 2.75) is 20.3 Å². The van der Waals surface area contributed by atoms with Crippen molar-refractivity contribution in [2.75, 3.05) is 13.7 Å². The second-order valence-corrected chi connectivity index (χ2v) is 7.30. The zero-order chi connectivity index (χ0) is 19.9. The van der Waals surface area contributed by atoms with E-state index in [9.17, 15) is 4.79 Å². The van der Waals surface area contributed by atoms with E-state index in [0.717, 1.165) is 28.2 Å². The summed E-state index contributed by atoms with van der Waals surface area (Å²) in [6.45, 7) is 4.48. The number of thiophene rings is 1. The maximum atomic E-state index is 12.4. The van der Waals surface area contributed by atoms with Gasteiger partial charge < -0.3 is 9.47 Å². The molecule has 1 aromatic heterocycles. The zero-order valence-corrected chi connectivity index (χ0v) is 17.1. The Morgan fingerprint density at radius 3 is 2.54 bits per heavy atom. The lowest BCUT2D eigenvalue weighted by Gasteiger charge is -2.05. The van der Waals surface area contributed by atoms with Crippen LogP contribution in [-0.4, -0.2) is 25.9 Å². The Kier molecular flexibility index (Phi) is 6.61. The van der Waals surface area contributed by atoms with Crippen LogP contribution in [0.5, 0.6) is 5.75 Å². The van der Waals surface area contributed by atoms with Gasteiger partial charge in [-0.3, -0.25) is 0 Å². The molecule has 28 heavy (non-hydrogen) atoms. The number of carbonyl (C=O) groups is 1. The lowest BCUT2D eigenvalue weighted by molar-refractivity contribution is 0.0601. The highest BCUT2D eigenvalue weighted by Gasteiger charge is 2.21. The van der Waals surface area contributed by atoms with Crippen molar-refractivity contribution in [2.24, 2.45) is 4.99 Å². The number of ether oxygens (including phenoxy) is 2. The van der Waals surface area contributed by atoms with Crippen LogP contribution in [0.25, 0.3) is 0 Å². The Balaban J connectivity index is 1.98. The van der Waals surface area contributed by atoms with E-state index in [4.69, 9.17) is 9.47 Å². The Hall–Kier alpha value is -2.92. The van der Waals surface area contributed by atoms with Crippen LogP contribution in [0.2, 0.25) is 0 Å². The number of rotatable bonds is 7. The molecule has 0 N–H and O–H groups in total. The van der Waals surface area contributed by atoms with Crippen LogP contribution in [0.3, 0.4) is 0 Å². The molecule has 0 amide bonds. The summed E-state index contributed by atoms with van der Waals surface area (Å²) in [5.74, 6) is 0.407. The van der Waals surface area contributed by atoms with Crippen LogP contribution in [0.15, 0.2) is 59.6 Å². The molecule has 3 aromatic rings. The van der Waals surface area contributed by atoms with Crippen LogP contribution in [0, 0.1) is 6.92 Å². The van der Waals surface area contributed by atoms with Gasteiger partial charge in [-0.25, -0.2) is 9.79 Å². The van der Waals surface area contributed by atoms with Gasteiger partial charge in [-0.2, -0.15) is 0 Å². The van der Waals surface area contributed by atoms with Gasteiger partial charge in [0.1, 0.15) is 10.8 Å². The standard InChI is InChI=1S/C23H23NO3S/c1-4-27-19-13-9-8-12-18(19)15-24-22-21(23(25)26-3)16(2)20(28-22)14-17-10-6-5-7-11-17/h5-13,15H,4,14H2,1-3H3. The number of hydrogen-bond acceptors (Lipinski definition) is 5. The summed E-state index contributed by atoms with van der Waals surface area (Å²) in [5, 5.41) is 0.654. The highest BCUT2D eigenvalue weighted by atomic mass is 32.1. The third-order valence-corrected chi connectivity index (χ3v) is 5.56. The minimum absolute atomic E-state index is 0.363. The van der Waals surface area contributed by atoms with Crippen molar-refractivity contribution in [3.63, 3.8) is 0 Å². The van der Waals surface area contributed by atoms with Gasteiger partial charge in [0.05, 0.1) is 19.3 Å². The second kappa shape index (κ2) is 9.33. The van der Waals surface area contributed by atoms with E-state index in [1.54, 1.807) is 6.21 Å². The first-order valence-electron chi connectivity index (χ1n) is 9.14. The average Bonchev–Trinajstić information content (AvgIpc) is 3.03. The number of nitrogens with zero attached hydrogens (tertiary/aromatic N) is 1. The Morgan fingerprint density at radius 1 is 1.11 bits per heavy atom. The monoisotopic (exact) mass is 393 g/mol. The SMILES string of the molecule is CCOc1ccccc1C=Nc1sc(Cc2ccccc2)c(C)c1C(=O)OC. The first-order chi connectivity index (χ1) is 13.6. The van der Waals surface area contributed by atoms with Gasteiger partial charge in [0, 0.05) is 23.1 Å². The molecule has 3 rings (SSSR count). The molecular formula is C23H23NO3S. The van der Waals surface area contributed by atoms with Gasteiger partial charge in [-0.05, 0) is 37.1 Å². The lowest BCUT2D eigenvalue weighted by Crippen LogP contribution is -2.02. The van der Waals surface area contributed by atoms with Gasteiger partial charge in [0.25, 0.3) is 0 Å². The molecule has 0 spiro atoms. The summed E-state index contributed by atoms with van der Waals surface area (Å²) in [6.07, 6.45) is 2.50. The quantitative estimate of drug-likeness (QED) is 0.389. The normalized spacial score (nSPS) is 11.0. The molecule has 0 saturated carbocycles. The first kappa shape index (κ1) is 19.8. The molecule has 4 nitrogen and oxygen atoms in total. The zero-order valence-electron chi connectivity index (χ0n) is 16.3. The fraction of sp³-hybridized carbons (Fsp3) is 0.217. The molecule has 5 heteroatoms. The van der Waals surface area contributed by atoms with Crippen molar-refractivity contribution in [3.8, 4) is 5.75 Å². The van der Waals surface area contributed by atoms with Gasteiger partial charge >= 0.3 is 5.97 Å². The molecule has 0 radical (unpaired) electrons. The maximum Gasteiger partial charge on any atom is 0.341 e. The van der Waals surface area contributed by atoms with E-state index in [0.29, 0.717) is 17.2 Å². The number of benzene rings is 2. The smallest absolute Gasteiger partial charge is 0.341 e. The molecule has 1 heterocycles. The molecule has 0 aliphatic carbocycles. The van der Waals surface area contributed by atoms with Gasteiger partial charge in [-0.15, -0.1) is 11.3 Å². The molecule has 0 fully saturated rings. The van der Waals surface area contributed by atoms with E-state index >= 15 is 0 Å². The number of carbonyl (C=O) groups excluding carboxylic acids is 1. The molecule has 0 aliphatic rings. The summed E-state index contributed by atoms with van der Waals surface area (Å²) in [5.41, 5.74) is 3.52. The highest BCUT2D eigenvalue weighted by molar-refractivity contribution is 7.16. The molecule has 0 aliphatic heterocycles. The van der Waals surface area contributed by atoms with Crippen molar-refractivity contribution in [1.82, 2.24) is 0 Å². The number of aliphatic imine (C=N–C) groups is 1. The molecule has 144 valence electrons. The van der Waals surface area contributed by atoms with E-state index in [1.807, 2.05) is 56.3 Å². The van der Waals surface area contributed by atoms with Crippen molar-refractivity contribution < 1.29 is 14.3 Å². The van der Waals surface area contributed by atoms with Crippen LogP contribution in [0.1, 0.15) is 38.8 Å². The third-order valence-electron chi connectivity index (χ3n) is 4.36. The minimum Gasteiger partial charge on any atom is -0.493 e. The van der Waals surface area contributed by atoms with Crippen molar-refractivity contribution in [1.29, 1.82) is 0 Å². The van der Waals surface area contributed by atoms with E-state index in [-0.39, 0.29) is 5.97 Å². The predicted octanol–water partition coefficient (Wildman–Crippen LogP) is 5.58. The van der Waals surface area contributed by atoms with Crippen LogP contribution in [-0.2, 0) is 11.2 Å². The van der Waals surface area contributed by atoms with Gasteiger partial charge in [-0.1, -0.05) is 42.5 Å². The van der Waals surface area contributed by atoms with Gasteiger partial charge in [0.2, 0.25) is 0 Å². The van der Waals surface area contributed by atoms with E-state index in [1.165, 1.54) is 24.0 Å². The maximum absolute atomic E-state index is 12.4. The molecule has 0 atom stereocenters. The van der Waals surface area contributed by atoms with Crippen LogP contribution >= 0.6 is 11.3 Å². The number of para-hydroxylation sites is 1. The summed E-state index contributed by atoms with van der Waals surface area (Å²) >= 11 is 1.52. The van der Waals surface area contributed by atoms with Crippen molar-refractivity contribution >= 4 is 28.5 Å². The summed E-state index contributed by atoms with van der Waals surface area (Å²) in [4.78, 5) is 18.1. The number of methoxy groups -OCH3 is 1. The molecule has 2 aromatic carbocycles. The highest BCUT2D eigenvalue weighted by Crippen LogP contribution is 2.37. The largest absolute Gasteiger partial charge is 0.493 e. The molecule has 0 bridgehead atoms. The third kappa shape index (κ3) is 4.49. The predicted molar refractivity (Wildman–Crippen MR) is 115 cm³/mol. The Bertz CT molecular complexity index is 977. The second-order valence-electron chi connectivity index (χ2n) is 6.21. The van der Waals surface area contributed by atoms with Crippen LogP contribution in [0.4, 0.5) is 5.00 Å². The summed E-state index contributed by atoms with van der Waals surface area (Å²) in [6, 6.07) is 17.9. The fourth-order valence-corrected chi connectivity index (χ4v) is 4.10. The van der Waals surface area contributed by atoms with Crippen molar-refractivity contribution in [3.05, 3.63) is 81.7 Å². The Labute approximate surface area is 169 Å². The number of hydrogen-bond donors (Lipinski definition) is 0. The Morgan fingerprint density at radius 2 is 1.82 bits per heavy atom. The molecule has 0 unspecified atom stereocenters. The van der Waals surface area contributed by atoms with Crippen LogP contribution < -0.4 is 4.74 Å².